The van der Waals surface area contributed by atoms with Crippen LogP contribution in [0.25, 0.3) is 6.08 Å². The van der Waals surface area contributed by atoms with E-state index in [-0.39, 0.29) is 28.3 Å². The lowest BCUT2D eigenvalue weighted by Crippen LogP contribution is -2.46. The van der Waals surface area contributed by atoms with Crippen LogP contribution < -0.4 is 9.80 Å². The topological polar surface area (TPSA) is 79.0 Å². The average molecular weight is 463 g/mol. The third-order valence-electron chi connectivity index (χ3n) is 6.71. The number of allylic oxidation sites excluding steroid dienone is 2. The van der Waals surface area contributed by atoms with Crippen molar-refractivity contribution in [1.82, 2.24) is 0 Å². The normalized spacial score (nSPS) is 18.6. The van der Waals surface area contributed by atoms with Crippen molar-refractivity contribution in [1.29, 1.82) is 0 Å². The molecular weight excluding hydrogens is 440 g/mol. The zero-order valence-electron chi connectivity index (χ0n) is 18.9. The molecule has 2 aliphatic heterocycles. The Hall–Kier alpha value is -4.52. The summed E-state index contributed by atoms with van der Waals surface area (Å²) >= 11 is 0. The van der Waals surface area contributed by atoms with Crippen LogP contribution in [0.1, 0.15) is 26.3 Å². The van der Waals surface area contributed by atoms with Crippen molar-refractivity contribution in [2.75, 3.05) is 36.0 Å². The van der Waals surface area contributed by atoms with E-state index in [0.717, 1.165) is 37.4 Å². The summed E-state index contributed by atoms with van der Waals surface area (Å²) in [5.41, 5.74) is 3.78. The molecule has 0 amide bonds. The number of hydroxylamine groups is 1. The van der Waals surface area contributed by atoms with E-state index in [1.54, 1.807) is 30.3 Å². The third kappa shape index (κ3) is 3.61. The Balaban J connectivity index is 1.22. The van der Waals surface area contributed by atoms with E-state index in [1.165, 1.54) is 5.69 Å². The fraction of sp³-hybridized carbons (Fsp3) is 0.143. The first-order valence-electron chi connectivity index (χ1n) is 11.6. The molecule has 1 saturated heterocycles. The molecule has 0 bridgehead atoms. The van der Waals surface area contributed by atoms with Crippen molar-refractivity contribution in [3.8, 4) is 0 Å². The number of carbonyl (C=O) groups is 2. The molecule has 7 heteroatoms. The van der Waals surface area contributed by atoms with Gasteiger partial charge in [-0.25, -0.2) is 0 Å². The molecule has 172 valence electrons. The van der Waals surface area contributed by atoms with Crippen molar-refractivity contribution in [3.05, 3.63) is 118 Å². The van der Waals surface area contributed by atoms with Gasteiger partial charge >= 0.3 is 0 Å². The molecule has 0 unspecified atom stereocenters. The van der Waals surface area contributed by atoms with E-state index in [4.69, 9.17) is 0 Å². The fourth-order valence-electron chi connectivity index (χ4n) is 4.86. The number of anilines is 2. The highest BCUT2D eigenvalue weighted by Crippen LogP contribution is 2.36. The van der Waals surface area contributed by atoms with E-state index >= 15 is 0 Å². The highest BCUT2D eigenvalue weighted by molar-refractivity contribution is 6.28. The largest absolute Gasteiger partial charge is 0.594 e. The van der Waals surface area contributed by atoms with Gasteiger partial charge in [-0.2, -0.15) is 0 Å². The van der Waals surface area contributed by atoms with E-state index in [0.29, 0.717) is 10.4 Å². The number of carbonyl (C=O) groups excluding carboxylic acids is 2. The van der Waals surface area contributed by atoms with Crippen molar-refractivity contribution in [3.63, 3.8) is 0 Å². The van der Waals surface area contributed by atoms with Gasteiger partial charge in [-0.1, -0.05) is 54.6 Å². The zero-order valence-corrected chi connectivity index (χ0v) is 18.9. The summed E-state index contributed by atoms with van der Waals surface area (Å²) in [6, 6.07) is 24.9. The van der Waals surface area contributed by atoms with Crippen LogP contribution in [0.4, 0.5) is 11.4 Å². The quantitative estimate of drug-likeness (QED) is 0.418. The molecule has 0 spiro atoms. The van der Waals surface area contributed by atoms with Crippen LogP contribution in [0.5, 0.6) is 0 Å². The van der Waals surface area contributed by atoms with Gasteiger partial charge in [0.2, 0.25) is 11.6 Å². The maximum Gasteiger partial charge on any atom is 0.259 e. The molecule has 6 rings (SSSR count). The summed E-state index contributed by atoms with van der Waals surface area (Å²) in [7, 11) is 0. The van der Waals surface area contributed by atoms with Crippen LogP contribution in [0.3, 0.4) is 0 Å². The van der Waals surface area contributed by atoms with Crippen LogP contribution in [0, 0.1) is 5.21 Å². The molecule has 2 heterocycles. The molecule has 35 heavy (non-hydrogen) atoms. The lowest BCUT2D eigenvalue weighted by atomic mass is 9.86. The summed E-state index contributed by atoms with van der Waals surface area (Å²) in [4.78, 5) is 31.0. The van der Waals surface area contributed by atoms with Crippen LogP contribution in [0.2, 0.25) is 0 Å². The Morgan fingerprint density at radius 1 is 0.714 bits per heavy atom. The second kappa shape index (κ2) is 8.36. The van der Waals surface area contributed by atoms with Gasteiger partial charge in [0.1, 0.15) is 5.57 Å². The van der Waals surface area contributed by atoms with E-state index in [1.807, 2.05) is 30.3 Å². The lowest BCUT2D eigenvalue weighted by Gasteiger charge is -2.37. The van der Waals surface area contributed by atoms with Crippen molar-refractivity contribution in [2.45, 2.75) is 0 Å². The Morgan fingerprint density at radius 2 is 1.26 bits per heavy atom. The van der Waals surface area contributed by atoms with Gasteiger partial charge in [-0.05, 0) is 34.7 Å². The lowest BCUT2D eigenvalue weighted by molar-refractivity contribution is -0.462. The number of para-hydroxylation sites is 1. The standard InChI is InChI=1S/C28H22N4O3/c33-27-22-8-4-5-9-23(22)28(34)26-25(27)24(32(35)29-26)18-19-10-12-21(13-11-19)31-16-14-30(15-17-31)20-6-2-1-3-7-20/h1-13,18H,14-17H2/b24-18-. The van der Waals surface area contributed by atoms with Crippen LogP contribution in [-0.4, -0.2) is 42.6 Å². The van der Waals surface area contributed by atoms with Crippen molar-refractivity contribution < 1.29 is 14.4 Å². The molecule has 7 nitrogen and oxygen atoms in total. The maximum absolute atomic E-state index is 13.1. The highest BCUT2D eigenvalue weighted by Gasteiger charge is 2.43. The number of nitrogens with zero attached hydrogens (tertiary/aromatic N) is 4. The van der Waals surface area contributed by atoms with Gasteiger partial charge in [0, 0.05) is 59.9 Å². The monoisotopic (exact) mass is 462 g/mol. The Bertz CT molecular complexity index is 1430. The van der Waals surface area contributed by atoms with Gasteiger partial charge in [0.05, 0.1) is 0 Å². The highest BCUT2D eigenvalue weighted by atomic mass is 16.5. The van der Waals surface area contributed by atoms with Crippen LogP contribution >= 0.6 is 0 Å². The Labute approximate surface area is 202 Å². The first-order valence-corrected chi connectivity index (χ1v) is 11.6. The summed E-state index contributed by atoms with van der Waals surface area (Å²) in [5, 5.41) is 16.4. The van der Waals surface area contributed by atoms with Crippen LogP contribution in [-0.2, 0) is 0 Å². The second-order valence-electron chi connectivity index (χ2n) is 8.73. The van der Waals surface area contributed by atoms with Gasteiger partial charge in [0.25, 0.3) is 5.70 Å². The minimum absolute atomic E-state index is 0.0739. The third-order valence-corrected chi connectivity index (χ3v) is 6.71. The van der Waals surface area contributed by atoms with Crippen molar-refractivity contribution >= 4 is 29.0 Å². The summed E-state index contributed by atoms with van der Waals surface area (Å²) in [6.45, 7) is 3.71. The van der Waals surface area contributed by atoms with E-state index in [2.05, 4.69) is 39.2 Å². The zero-order chi connectivity index (χ0) is 23.9. The minimum Gasteiger partial charge on any atom is -0.594 e. The van der Waals surface area contributed by atoms with Crippen LogP contribution in [0.15, 0.2) is 101 Å². The maximum atomic E-state index is 13.1. The first-order chi connectivity index (χ1) is 17.1. The van der Waals surface area contributed by atoms with E-state index < -0.39 is 5.78 Å². The van der Waals surface area contributed by atoms with Crippen molar-refractivity contribution in [2.24, 2.45) is 5.11 Å². The minimum atomic E-state index is -0.399. The number of hydrogen-bond acceptors (Lipinski definition) is 6. The number of ketones is 2. The SMILES string of the molecule is O=C1C2=C(C(=O)c3ccccc31)/C(=C/c1ccc(N3CCN(c4ccccc4)CC3)cc1)[N+]([O-])=N2. The number of Topliss-reactive ketones (excluding diaryl/α,β-unsaturated/α-hetero) is 2. The molecule has 1 fully saturated rings. The summed E-state index contributed by atoms with van der Waals surface area (Å²) in [5.74, 6) is -0.749. The molecule has 0 radical (unpaired) electrons. The average Bonchev–Trinajstić information content (AvgIpc) is 3.24. The molecule has 1 aliphatic carbocycles. The number of rotatable bonds is 3. The summed E-state index contributed by atoms with van der Waals surface area (Å²) < 4.78 is 0. The molecule has 0 atom stereocenters. The number of benzene rings is 3. The van der Waals surface area contributed by atoms with E-state index in [9.17, 15) is 14.8 Å². The Kier molecular flexibility index (Phi) is 5.03. The fourth-order valence-corrected chi connectivity index (χ4v) is 4.86. The Morgan fingerprint density at radius 3 is 1.89 bits per heavy atom. The van der Waals surface area contributed by atoms with Gasteiger partial charge < -0.3 is 15.0 Å². The molecule has 3 aromatic rings. The number of hydrogen-bond donors (Lipinski definition) is 0. The molecule has 0 N–H and O–H groups in total. The smallest absolute Gasteiger partial charge is 0.259 e. The van der Waals surface area contributed by atoms with Gasteiger partial charge in [-0.3, -0.25) is 9.59 Å². The molecule has 0 saturated carbocycles. The molecule has 3 aliphatic rings. The number of fused-ring (bicyclic) bond motifs is 1. The molecule has 0 aromatic heterocycles. The number of piperazine rings is 1. The first kappa shape index (κ1) is 21.0. The molecular formula is C28H22N4O3. The predicted molar refractivity (Wildman–Crippen MR) is 133 cm³/mol. The number of azo groups is 1. The van der Waals surface area contributed by atoms with Gasteiger partial charge in [-0.15, -0.1) is 0 Å². The van der Waals surface area contributed by atoms with Gasteiger partial charge in [0.15, 0.2) is 5.70 Å². The molecule has 3 aromatic carbocycles. The second-order valence-corrected chi connectivity index (χ2v) is 8.73. The summed E-state index contributed by atoms with van der Waals surface area (Å²) in [6.07, 6.45) is 1.62. The predicted octanol–water partition coefficient (Wildman–Crippen LogP) is 4.66.